The highest BCUT2D eigenvalue weighted by atomic mass is 16.4. The van der Waals surface area contributed by atoms with E-state index in [0.717, 1.165) is 32.1 Å². The molecule has 3 nitrogen and oxygen atoms in total. The highest BCUT2D eigenvalue weighted by molar-refractivity contribution is 5.66. The number of carboxylic acid groups (broad SMARTS) is 1. The molecule has 3 heteroatoms. The summed E-state index contributed by atoms with van der Waals surface area (Å²) in [5, 5.41) is 18.0. The molecule has 0 saturated heterocycles. The van der Waals surface area contributed by atoms with Crippen LogP contribution in [0.2, 0.25) is 0 Å². The number of hydrogen-bond donors (Lipinski definition) is 2. The summed E-state index contributed by atoms with van der Waals surface area (Å²) in [6.45, 7) is 2.15. The van der Waals surface area contributed by atoms with Crippen LogP contribution in [0.4, 0.5) is 0 Å². The van der Waals surface area contributed by atoms with E-state index in [1.54, 1.807) is 0 Å². The maximum atomic E-state index is 10.3. The molecule has 1 atom stereocenters. The lowest BCUT2D eigenvalue weighted by Gasteiger charge is -2.02. The fourth-order valence-electron chi connectivity index (χ4n) is 1.61. The summed E-state index contributed by atoms with van der Waals surface area (Å²) in [7, 11) is 0. The van der Waals surface area contributed by atoms with Crippen molar-refractivity contribution in [2.24, 2.45) is 0 Å². The lowest BCUT2D eigenvalue weighted by atomic mass is 10.1. The predicted molar refractivity (Wildman–Crippen MR) is 74.5 cm³/mol. The van der Waals surface area contributed by atoms with Crippen molar-refractivity contribution in [1.82, 2.24) is 0 Å². The Hall–Kier alpha value is -1.09. The molecule has 0 aromatic carbocycles. The van der Waals surface area contributed by atoms with Gasteiger partial charge in [0.05, 0.1) is 6.10 Å². The van der Waals surface area contributed by atoms with E-state index < -0.39 is 5.97 Å². The van der Waals surface area contributed by atoms with Crippen LogP contribution in [0, 0.1) is 0 Å². The second-order valence-electron chi connectivity index (χ2n) is 4.52. The molecule has 0 radical (unpaired) electrons. The van der Waals surface area contributed by atoms with Crippen molar-refractivity contribution in [3.63, 3.8) is 0 Å². The lowest BCUT2D eigenvalue weighted by molar-refractivity contribution is -0.137. The van der Waals surface area contributed by atoms with E-state index in [2.05, 4.69) is 6.92 Å². The Balaban J connectivity index is 3.46. The van der Waals surface area contributed by atoms with Crippen molar-refractivity contribution in [2.75, 3.05) is 0 Å². The van der Waals surface area contributed by atoms with Crippen molar-refractivity contribution in [1.29, 1.82) is 0 Å². The molecule has 0 bridgehead atoms. The van der Waals surface area contributed by atoms with E-state index >= 15 is 0 Å². The quantitative estimate of drug-likeness (QED) is 0.437. The Morgan fingerprint density at radius 2 is 1.94 bits per heavy atom. The molecule has 0 aliphatic rings. The van der Waals surface area contributed by atoms with Gasteiger partial charge in [-0.3, -0.25) is 4.79 Å². The number of carboxylic acids is 1. The third kappa shape index (κ3) is 13.0. The van der Waals surface area contributed by atoms with Crippen LogP contribution in [0.5, 0.6) is 0 Å². The van der Waals surface area contributed by atoms with Crippen LogP contribution in [0.25, 0.3) is 0 Å². The standard InChI is InChI=1S/C15H26O3/c1-2-3-8-11-14(16)12-9-6-4-5-7-10-13-15(17)18/h4,6,9,12,14,16H,2-3,5,7-8,10-11,13H2,1H3,(H,17,18)/b6-4+,12-9+. The summed E-state index contributed by atoms with van der Waals surface area (Å²) in [4.78, 5) is 10.3. The van der Waals surface area contributed by atoms with Gasteiger partial charge in [-0.15, -0.1) is 0 Å². The number of rotatable bonds is 11. The minimum atomic E-state index is -0.728. The average Bonchev–Trinajstić information content (AvgIpc) is 2.32. The molecule has 0 spiro atoms. The molecule has 0 aromatic rings. The molecule has 0 aliphatic carbocycles. The summed E-state index contributed by atoms with van der Waals surface area (Å²) >= 11 is 0. The first kappa shape index (κ1) is 16.9. The molecule has 0 aliphatic heterocycles. The van der Waals surface area contributed by atoms with E-state index in [1.807, 2.05) is 24.3 Å². The molecular formula is C15H26O3. The maximum Gasteiger partial charge on any atom is 0.303 e. The monoisotopic (exact) mass is 254 g/mol. The third-order valence-electron chi connectivity index (χ3n) is 2.70. The van der Waals surface area contributed by atoms with Gasteiger partial charge in [0.2, 0.25) is 0 Å². The molecule has 0 amide bonds. The van der Waals surface area contributed by atoms with Gasteiger partial charge < -0.3 is 10.2 Å². The zero-order valence-corrected chi connectivity index (χ0v) is 11.3. The van der Waals surface area contributed by atoms with Crippen LogP contribution >= 0.6 is 0 Å². The van der Waals surface area contributed by atoms with Crippen LogP contribution in [0.3, 0.4) is 0 Å². The molecule has 104 valence electrons. The maximum absolute atomic E-state index is 10.3. The smallest absolute Gasteiger partial charge is 0.303 e. The molecule has 0 heterocycles. The molecule has 0 fully saturated rings. The van der Waals surface area contributed by atoms with Crippen molar-refractivity contribution < 1.29 is 15.0 Å². The number of hydrogen-bond acceptors (Lipinski definition) is 2. The van der Waals surface area contributed by atoms with Crippen molar-refractivity contribution in [3.8, 4) is 0 Å². The minimum absolute atomic E-state index is 0.250. The van der Waals surface area contributed by atoms with Gasteiger partial charge in [0.25, 0.3) is 0 Å². The number of unbranched alkanes of at least 4 members (excludes halogenated alkanes) is 4. The van der Waals surface area contributed by atoms with Crippen LogP contribution < -0.4 is 0 Å². The van der Waals surface area contributed by atoms with E-state index in [1.165, 1.54) is 12.8 Å². The second kappa shape index (κ2) is 12.4. The molecule has 18 heavy (non-hydrogen) atoms. The number of carbonyl (C=O) groups is 1. The summed E-state index contributed by atoms with van der Waals surface area (Å²) in [6, 6.07) is 0. The lowest BCUT2D eigenvalue weighted by Crippen LogP contribution is -2.00. The van der Waals surface area contributed by atoms with Crippen molar-refractivity contribution in [3.05, 3.63) is 24.3 Å². The Morgan fingerprint density at radius 3 is 2.61 bits per heavy atom. The summed E-state index contributed by atoms with van der Waals surface area (Å²) < 4.78 is 0. The number of aliphatic hydroxyl groups is 1. The largest absolute Gasteiger partial charge is 0.481 e. The zero-order chi connectivity index (χ0) is 13.6. The third-order valence-corrected chi connectivity index (χ3v) is 2.70. The van der Waals surface area contributed by atoms with E-state index in [4.69, 9.17) is 5.11 Å². The van der Waals surface area contributed by atoms with Gasteiger partial charge in [-0.1, -0.05) is 50.5 Å². The molecular weight excluding hydrogens is 228 g/mol. The highest BCUT2D eigenvalue weighted by Gasteiger charge is 1.96. The van der Waals surface area contributed by atoms with Crippen LogP contribution in [-0.2, 0) is 4.79 Å². The van der Waals surface area contributed by atoms with Gasteiger partial charge in [-0.2, -0.15) is 0 Å². The Labute approximate surface area is 110 Å². The Kier molecular flexibility index (Phi) is 11.6. The first-order chi connectivity index (χ1) is 8.66. The van der Waals surface area contributed by atoms with Crippen LogP contribution in [-0.4, -0.2) is 22.3 Å². The van der Waals surface area contributed by atoms with Crippen LogP contribution in [0.1, 0.15) is 58.3 Å². The molecule has 0 aromatic heterocycles. The van der Waals surface area contributed by atoms with E-state index in [-0.39, 0.29) is 12.5 Å². The summed E-state index contributed by atoms with van der Waals surface area (Å²) in [5.41, 5.74) is 0. The molecule has 1 unspecified atom stereocenters. The fraction of sp³-hybridized carbons (Fsp3) is 0.667. The zero-order valence-electron chi connectivity index (χ0n) is 11.3. The first-order valence-electron chi connectivity index (χ1n) is 6.90. The SMILES string of the molecule is CCCCCC(O)/C=C/C=C/CCCCC(=O)O. The van der Waals surface area contributed by atoms with E-state index in [0.29, 0.717) is 0 Å². The van der Waals surface area contributed by atoms with E-state index in [9.17, 15) is 9.90 Å². The first-order valence-corrected chi connectivity index (χ1v) is 6.90. The minimum Gasteiger partial charge on any atom is -0.481 e. The van der Waals surface area contributed by atoms with Gasteiger partial charge in [0.15, 0.2) is 0 Å². The Morgan fingerprint density at radius 1 is 1.17 bits per heavy atom. The fourth-order valence-corrected chi connectivity index (χ4v) is 1.61. The van der Waals surface area contributed by atoms with Crippen molar-refractivity contribution >= 4 is 5.97 Å². The molecule has 2 N–H and O–H groups in total. The topological polar surface area (TPSA) is 57.5 Å². The predicted octanol–water partition coefficient (Wildman–Crippen LogP) is 3.69. The van der Waals surface area contributed by atoms with Crippen molar-refractivity contribution in [2.45, 2.75) is 64.4 Å². The molecule has 0 rings (SSSR count). The van der Waals surface area contributed by atoms with Crippen LogP contribution in [0.15, 0.2) is 24.3 Å². The average molecular weight is 254 g/mol. The Bertz CT molecular complexity index is 256. The number of allylic oxidation sites excluding steroid dienone is 3. The van der Waals surface area contributed by atoms with Gasteiger partial charge in [-0.25, -0.2) is 0 Å². The highest BCUT2D eigenvalue weighted by Crippen LogP contribution is 2.04. The van der Waals surface area contributed by atoms with Gasteiger partial charge in [0.1, 0.15) is 0 Å². The summed E-state index contributed by atoms with van der Waals surface area (Å²) in [5.74, 6) is -0.728. The normalized spacial score (nSPS) is 13.4. The summed E-state index contributed by atoms with van der Waals surface area (Å²) in [6.07, 6.45) is 14.3. The molecule has 0 saturated carbocycles. The number of aliphatic hydroxyl groups excluding tert-OH is 1. The second-order valence-corrected chi connectivity index (χ2v) is 4.52. The van der Waals surface area contributed by atoms with Gasteiger partial charge in [-0.05, 0) is 25.7 Å². The van der Waals surface area contributed by atoms with Gasteiger partial charge in [0, 0.05) is 6.42 Å². The van der Waals surface area contributed by atoms with Gasteiger partial charge >= 0.3 is 5.97 Å². The number of aliphatic carboxylic acids is 1.